The zero-order valence-electron chi connectivity index (χ0n) is 26.2. The SMILES string of the molecule is CN1CCC2CCC(=CC(Nc3cc(-c4ccnc(-n5ccc6cc(C(C)(C)C#N)cc(F)c6c5=O)c4CO)nn(C)c3=O)=N2)C1. The Morgan fingerprint density at radius 1 is 1.15 bits per heavy atom. The van der Waals surface area contributed by atoms with Crippen molar-refractivity contribution in [3.63, 3.8) is 0 Å². The Morgan fingerprint density at radius 2 is 1.96 bits per heavy atom. The van der Waals surface area contributed by atoms with Crippen molar-refractivity contribution < 1.29 is 9.50 Å². The van der Waals surface area contributed by atoms with Crippen LogP contribution in [0.25, 0.3) is 27.8 Å². The van der Waals surface area contributed by atoms with Crippen LogP contribution in [-0.4, -0.2) is 61.4 Å². The van der Waals surface area contributed by atoms with E-state index in [9.17, 15) is 20.0 Å². The molecule has 1 unspecified atom stereocenters. The number of aromatic nitrogens is 4. The van der Waals surface area contributed by atoms with E-state index < -0.39 is 23.4 Å². The molecule has 12 heteroatoms. The minimum absolute atomic E-state index is 0.101. The molecule has 46 heavy (non-hydrogen) atoms. The number of likely N-dealkylation sites (tertiary alicyclic amines) is 1. The van der Waals surface area contributed by atoms with E-state index in [1.807, 2.05) is 6.08 Å². The molecule has 4 aromatic rings. The standard InChI is InChI=1S/C34H35FN8O3/c1-34(2,19-36)22-14-21-8-12-43(33(46)30(21)26(35)15-22)31-25(18-44)24(7-10-37-31)27-16-28(32(45)42(4)40-27)39-29-13-20-5-6-23(38-29)9-11-41(3)17-20/h7-8,10,12-16,23,44H,5-6,9,11,17-18H2,1-4H3,(H,38,39). The van der Waals surface area contributed by atoms with Gasteiger partial charge in [0.1, 0.15) is 23.2 Å². The van der Waals surface area contributed by atoms with Crippen LogP contribution in [0, 0.1) is 17.1 Å². The van der Waals surface area contributed by atoms with Crippen LogP contribution in [0.4, 0.5) is 10.1 Å². The first-order chi connectivity index (χ1) is 22.0. The number of hydrogen-bond acceptors (Lipinski definition) is 9. The number of nitriles is 1. The van der Waals surface area contributed by atoms with Crippen molar-refractivity contribution in [2.45, 2.75) is 51.2 Å². The molecule has 5 heterocycles. The van der Waals surface area contributed by atoms with Gasteiger partial charge < -0.3 is 15.3 Å². The number of fused-ring (bicyclic) bond motifs is 4. The number of aliphatic hydroxyl groups excluding tert-OH is 1. The highest BCUT2D eigenvalue weighted by molar-refractivity contribution is 6.04. The zero-order valence-corrected chi connectivity index (χ0v) is 26.2. The minimum atomic E-state index is -0.949. The van der Waals surface area contributed by atoms with Crippen LogP contribution >= 0.6 is 0 Å². The van der Waals surface area contributed by atoms with Gasteiger partial charge in [0.15, 0.2) is 0 Å². The Hall–Kier alpha value is -4.99. The van der Waals surface area contributed by atoms with Gasteiger partial charge in [-0.2, -0.15) is 10.4 Å². The predicted molar refractivity (Wildman–Crippen MR) is 175 cm³/mol. The van der Waals surface area contributed by atoms with Crippen molar-refractivity contribution >= 4 is 22.3 Å². The molecule has 11 nitrogen and oxygen atoms in total. The summed E-state index contributed by atoms with van der Waals surface area (Å²) in [7, 11) is 3.63. The topological polar surface area (TPSA) is 141 Å². The second-order valence-electron chi connectivity index (χ2n) is 12.5. The number of amidine groups is 1. The largest absolute Gasteiger partial charge is 0.392 e. The fraction of sp³-hybridized carbons (Fsp3) is 0.353. The van der Waals surface area contributed by atoms with Crippen molar-refractivity contribution in [1.29, 1.82) is 5.26 Å². The van der Waals surface area contributed by atoms with Gasteiger partial charge >= 0.3 is 0 Å². The summed E-state index contributed by atoms with van der Waals surface area (Å²) in [6.07, 6.45) is 7.78. The second kappa shape index (κ2) is 12.1. The molecule has 0 saturated carbocycles. The average Bonchev–Trinajstić information content (AvgIpc) is 3.17. The molecule has 2 N–H and O–H groups in total. The van der Waals surface area contributed by atoms with Crippen molar-refractivity contribution in [2.24, 2.45) is 12.0 Å². The molecule has 1 fully saturated rings. The Labute approximate surface area is 265 Å². The molecule has 1 atom stereocenters. The molecule has 2 aliphatic rings. The lowest BCUT2D eigenvalue weighted by molar-refractivity contribution is 0.281. The van der Waals surface area contributed by atoms with Gasteiger partial charge in [0, 0.05) is 43.7 Å². The summed E-state index contributed by atoms with van der Waals surface area (Å²) in [5.41, 5.74) is 1.06. The predicted octanol–water partition coefficient (Wildman–Crippen LogP) is 3.81. The molecule has 2 aliphatic heterocycles. The molecule has 2 bridgehead atoms. The first kappa shape index (κ1) is 31.0. The van der Waals surface area contributed by atoms with E-state index in [2.05, 4.69) is 33.4 Å². The van der Waals surface area contributed by atoms with Gasteiger partial charge in [-0.15, -0.1) is 0 Å². The van der Waals surface area contributed by atoms with Crippen LogP contribution in [0.15, 0.2) is 69.0 Å². The lowest BCUT2D eigenvalue weighted by atomic mass is 9.85. The van der Waals surface area contributed by atoms with E-state index in [4.69, 9.17) is 4.99 Å². The summed E-state index contributed by atoms with van der Waals surface area (Å²) in [4.78, 5) is 38.5. The number of aliphatic hydroxyl groups is 1. The number of nitrogens with one attached hydrogen (secondary N) is 1. The zero-order chi connectivity index (χ0) is 32.7. The Morgan fingerprint density at radius 3 is 2.72 bits per heavy atom. The number of rotatable bonds is 5. The fourth-order valence-electron chi connectivity index (χ4n) is 6.09. The number of nitrogens with zero attached hydrogens (tertiary/aromatic N) is 7. The summed E-state index contributed by atoms with van der Waals surface area (Å²) in [6, 6.07) is 9.96. The molecule has 0 spiro atoms. The minimum Gasteiger partial charge on any atom is -0.392 e. The third-order valence-corrected chi connectivity index (χ3v) is 8.76. The van der Waals surface area contributed by atoms with Crippen LogP contribution < -0.4 is 16.4 Å². The lowest BCUT2D eigenvalue weighted by Gasteiger charge is -2.23. The molecular formula is C34H35FN8O3. The summed E-state index contributed by atoms with van der Waals surface area (Å²) in [5.74, 6) is -0.0370. The summed E-state index contributed by atoms with van der Waals surface area (Å²) < 4.78 is 17.8. The van der Waals surface area contributed by atoms with Crippen LogP contribution in [0.1, 0.15) is 44.2 Å². The maximum absolute atomic E-state index is 15.4. The highest BCUT2D eigenvalue weighted by Gasteiger charge is 2.24. The first-order valence-corrected chi connectivity index (χ1v) is 15.2. The maximum atomic E-state index is 15.4. The number of anilines is 1. The van der Waals surface area contributed by atoms with Gasteiger partial charge in [-0.05, 0) is 87.5 Å². The number of likely N-dealkylation sites (N-methyl/N-ethyl adjacent to an activating group) is 1. The lowest BCUT2D eigenvalue weighted by Crippen LogP contribution is -2.27. The van der Waals surface area contributed by atoms with Gasteiger partial charge in [0.2, 0.25) is 0 Å². The van der Waals surface area contributed by atoms with E-state index in [1.165, 1.54) is 40.3 Å². The van der Waals surface area contributed by atoms with Gasteiger partial charge in [-0.25, -0.2) is 14.1 Å². The quantitative estimate of drug-likeness (QED) is 0.342. The van der Waals surface area contributed by atoms with E-state index in [-0.39, 0.29) is 34.1 Å². The molecule has 1 saturated heterocycles. The smallest absolute Gasteiger partial charge is 0.290 e. The van der Waals surface area contributed by atoms with Crippen LogP contribution in [-0.2, 0) is 19.1 Å². The van der Waals surface area contributed by atoms with E-state index in [0.717, 1.165) is 32.4 Å². The van der Waals surface area contributed by atoms with E-state index in [0.29, 0.717) is 28.0 Å². The number of aryl methyl sites for hydroxylation is 1. The number of halogens is 1. The summed E-state index contributed by atoms with van der Waals surface area (Å²) in [6.45, 7) is 4.63. The number of aliphatic imine (C=N–C) groups is 1. The average molecular weight is 623 g/mol. The Bertz CT molecular complexity index is 2090. The van der Waals surface area contributed by atoms with Gasteiger partial charge in [-0.3, -0.25) is 19.1 Å². The fourth-order valence-corrected chi connectivity index (χ4v) is 6.09. The van der Waals surface area contributed by atoms with E-state index >= 15 is 4.39 Å². The second-order valence-corrected chi connectivity index (χ2v) is 12.5. The Kier molecular flexibility index (Phi) is 8.14. The van der Waals surface area contributed by atoms with Crippen molar-refractivity contribution in [1.82, 2.24) is 24.2 Å². The van der Waals surface area contributed by atoms with Crippen molar-refractivity contribution in [3.05, 3.63) is 92.0 Å². The van der Waals surface area contributed by atoms with Crippen LogP contribution in [0.3, 0.4) is 0 Å². The molecule has 0 amide bonds. The highest BCUT2D eigenvalue weighted by atomic mass is 19.1. The van der Waals surface area contributed by atoms with Crippen molar-refractivity contribution in [2.75, 3.05) is 25.5 Å². The first-order valence-electron chi connectivity index (χ1n) is 15.2. The number of benzene rings is 1. The summed E-state index contributed by atoms with van der Waals surface area (Å²) >= 11 is 0. The van der Waals surface area contributed by atoms with Gasteiger partial charge in [-0.1, -0.05) is 5.57 Å². The molecular weight excluding hydrogens is 587 g/mol. The maximum Gasteiger partial charge on any atom is 0.290 e. The van der Waals surface area contributed by atoms with Gasteiger partial charge in [0.05, 0.1) is 35.2 Å². The number of hydrogen-bond donors (Lipinski definition) is 2. The molecule has 1 aromatic carbocycles. The molecule has 6 rings (SSSR count). The third-order valence-electron chi connectivity index (χ3n) is 8.76. The van der Waals surface area contributed by atoms with Crippen molar-refractivity contribution in [3.8, 4) is 23.1 Å². The van der Waals surface area contributed by atoms with Gasteiger partial charge in [0.25, 0.3) is 11.1 Å². The summed E-state index contributed by atoms with van der Waals surface area (Å²) in [5, 5.41) is 28.0. The Balaban J connectivity index is 1.43. The molecule has 3 aromatic heterocycles. The van der Waals surface area contributed by atoms with E-state index in [1.54, 1.807) is 38.1 Å². The molecule has 0 radical (unpaired) electrons. The molecule has 236 valence electrons. The third kappa shape index (κ3) is 5.75. The normalized spacial score (nSPS) is 17.1. The number of pyridine rings is 2. The van der Waals surface area contributed by atoms with Crippen LogP contribution in [0.5, 0.6) is 0 Å². The highest BCUT2D eigenvalue weighted by Crippen LogP contribution is 2.30. The van der Waals surface area contributed by atoms with Crippen LogP contribution in [0.2, 0.25) is 0 Å². The monoisotopic (exact) mass is 622 g/mol. The molecule has 0 aliphatic carbocycles.